The van der Waals surface area contributed by atoms with Crippen LogP contribution in [0.2, 0.25) is 0 Å². The van der Waals surface area contributed by atoms with Gasteiger partial charge in [-0.3, -0.25) is 0 Å². The highest BCUT2D eigenvalue weighted by Gasteiger charge is 2.13. The summed E-state index contributed by atoms with van der Waals surface area (Å²) in [6.07, 6.45) is 1.87. The monoisotopic (exact) mass is 377 g/mol. The number of benzene rings is 2. The smallest absolute Gasteiger partial charge is 0.149 e. The number of aromatic amines is 1. The Balaban J connectivity index is 1.78. The fourth-order valence-corrected chi connectivity index (χ4v) is 3.58. The lowest BCUT2D eigenvalue weighted by molar-refractivity contribution is 0.964. The highest BCUT2D eigenvalue weighted by atomic mass is 15.0. The Morgan fingerprint density at radius 2 is 1.79 bits per heavy atom. The van der Waals surface area contributed by atoms with Crippen LogP contribution in [0.15, 0.2) is 48.5 Å². The van der Waals surface area contributed by atoms with Crippen LogP contribution in [0.1, 0.15) is 33.9 Å². The molecule has 5 heteroatoms. The van der Waals surface area contributed by atoms with Crippen LogP contribution >= 0.6 is 0 Å². The average Bonchev–Trinajstić information content (AvgIpc) is 3.26. The number of H-pyrrole nitrogens is 1. The van der Waals surface area contributed by atoms with E-state index in [9.17, 15) is 5.26 Å². The Kier molecular flexibility index (Phi) is 4.50. The number of hydrogen-bond donors (Lipinski definition) is 1. The minimum atomic E-state index is 0.485. The van der Waals surface area contributed by atoms with Crippen molar-refractivity contribution < 1.29 is 0 Å². The molecule has 0 aliphatic carbocycles. The van der Waals surface area contributed by atoms with Crippen molar-refractivity contribution in [1.29, 1.82) is 10.5 Å². The molecule has 0 aliphatic rings. The minimum Gasteiger partial charge on any atom is -0.337 e. The fraction of sp³-hybridized carbons (Fsp3) is 0.125. The first-order chi connectivity index (χ1) is 14.0. The number of nitrogens with one attached hydrogen (secondary N) is 1. The maximum absolute atomic E-state index is 9.75. The van der Waals surface area contributed by atoms with Gasteiger partial charge in [0.25, 0.3) is 0 Å². The van der Waals surface area contributed by atoms with E-state index in [1.165, 1.54) is 0 Å². The van der Waals surface area contributed by atoms with Gasteiger partial charge in [0.1, 0.15) is 11.9 Å². The normalized spacial score (nSPS) is 11.4. The molecule has 140 valence electrons. The Morgan fingerprint density at radius 3 is 2.48 bits per heavy atom. The van der Waals surface area contributed by atoms with Gasteiger partial charge in [0, 0.05) is 17.1 Å². The first kappa shape index (κ1) is 18.3. The SMILES string of the molecule is Cc1ccc2nc(C(C#N)=Cc3cc(C)n(-c4ccc(C#N)cc4)c3C)[nH]c2c1. The largest absolute Gasteiger partial charge is 0.337 e. The molecule has 1 N–H and O–H groups in total. The third-order valence-corrected chi connectivity index (χ3v) is 5.04. The van der Waals surface area contributed by atoms with Gasteiger partial charge in [0.05, 0.1) is 28.2 Å². The molecule has 2 aromatic carbocycles. The van der Waals surface area contributed by atoms with E-state index in [0.29, 0.717) is 17.0 Å². The van der Waals surface area contributed by atoms with E-state index in [4.69, 9.17) is 5.26 Å². The second kappa shape index (κ2) is 7.14. The van der Waals surface area contributed by atoms with E-state index in [-0.39, 0.29) is 0 Å². The Bertz CT molecular complexity index is 1340. The molecule has 5 nitrogen and oxygen atoms in total. The predicted molar refractivity (Wildman–Crippen MR) is 114 cm³/mol. The molecule has 2 aromatic heterocycles. The molecule has 0 aliphatic heterocycles. The van der Waals surface area contributed by atoms with E-state index >= 15 is 0 Å². The molecule has 0 bridgehead atoms. The van der Waals surface area contributed by atoms with Crippen molar-refractivity contribution in [1.82, 2.24) is 14.5 Å². The quantitative estimate of drug-likeness (QED) is 0.497. The zero-order chi connectivity index (χ0) is 20.5. The Hall–Kier alpha value is -4.09. The van der Waals surface area contributed by atoms with Crippen LogP contribution in [0.25, 0.3) is 28.4 Å². The number of aromatic nitrogens is 3. The van der Waals surface area contributed by atoms with Gasteiger partial charge >= 0.3 is 0 Å². The predicted octanol–water partition coefficient (Wildman–Crippen LogP) is 5.21. The second-order valence-corrected chi connectivity index (χ2v) is 7.10. The molecule has 0 unspecified atom stereocenters. The van der Waals surface area contributed by atoms with Crippen molar-refractivity contribution in [3.63, 3.8) is 0 Å². The number of imidazole rings is 1. The van der Waals surface area contributed by atoms with Crippen molar-refractivity contribution in [3.05, 3.63) is 82.4 Å². The lowest BCUT2D eigenvalue weighted by Gasteiger charge is -2.09. The number of aryl methyl sites for hydroxylation is 2. The van der Waals surface area contributed by atoms with Crippen molar-refractivity contribution >= 4 is 22.7 Å². The summed E-state index contributed by atoms with van der Waals surface area (Å²) < 4.78 is 2.12. The maximum Gasteiger partial charge on any atom is 0.149 e. The summed E-state index contributed by atoms with van der Waals surface area (Å²) in [6, 6.07) is 19.9. The van der Waals surface area contributed by atoms with Gasteiger partial charge in [-0.2, -0.15) is 10.5 Å². The van der Waals surface area contributed by atoms with Crippen LogP contribution in [0.4, 0.5) is 0 Å². The highest BCUT2D eigenvalue weighted by Crippen LogP contribution is 2.26. The molecule has 29 heavy (non-hydrogen) atoms. The molecular formula is C24H19N5. The van der Waals surface area contributed by atoms with Gasteiger partial charge in [-0.1, -0.05) is 6.07 Å². The number of nitrogens with zero attached hydrogens (tertiary/aromatic N) is 4. The number of nitriles is 2. The molecule has 0 atom stereocenters. The van der Waals surface area contributed by atoms with Crippen LogP contribution in [-0.4, -0.2) is 14.5 Å². The summed E-state index contributed by atoms with van der Waals surface area (Å²) in [4.78, 5) is 7.83. The topological polar surface area (TPSA) is 81.2 Å². The summed E-state index contributed by atoms with van der Waals surface area (Å²) in [5, 5.41) is 18.8. The molecule has 0 amide bonds. The van der Waals surface area contributed by atoms with Gasteiger partial charge in [-0.05, 0) is 80.4 Å². The van der Waals surface area contributed by atoms with E-state index in [1.807, 2.05) is 57.2 Å². The van der Waals surface area contributed by atoms with Crippen molar-refractivity contribution in [2.45, 2.75) is 20.8 Å². The standard InChI is InChI=1S/C24H19N5/c1-15-4-9-22-23(10-15)28-24(27-22)20(14-26)12-19-11-16(2)29(17(19)3)21-7-5-18(13-25)6-8-21/h4-12H,1-3H3,(H,27,28). The van der Waals surface area contributed by atoms with E-state index < -0.39 is 0 Å². The summed E-state index contributed by atoms with van der Waals surface area (Å²) in [7, 11) is 0. The van der Waals surface area contributed by atoms with Crippen molar-refractivity contribution in [3.8, 4) is 17.8 Å². The number of rotatable bonds is 3. The molecule has 0 radical (unpaired) electrons. The zero-order valence-electron chi connectivity index (χ0n) is 16.5. The highest BCUT2D eigenvalue weighted by molar-refractivity contribution is 5.91. The van der Waals surface area contributed by atoms with Gasteiger partial charge in [0.2, 0.25) is 0 Å². The summed E-state index contributed by atoms with van der Waals surface area (Å²) in [5.74, 6) is 0.566. The minimum absolute atomic E-state index is 0.485. The Labute approximate surface area is 169 Å². The van der Waals surface area contributed by atoms with E-state index in [0.717, 1.165) is 39.2 Å². The van der Waals surface area contributed by atoms with Crippen molar-refractivity contribution in [2.24, 2.45) is 0 Å². The molecule has 2 heterocycles. The second-order valence-electron chi connectivity index (χ2n) is 7.10. The van der Waals surface area contributed by atoms with Crippen LogP contribution in [0.5, 0.6) is 0 Å². The molecule has 4 aromatic rings. The van der Waals surface area contributed by atoms with Gasteiger partial charge in [-0.25, -0.2) is 4.98 Å². The van der Waals surface area contributed by atoms with Gasteiger partial charge in [0.15, 0.2) is 0 Å². The first-order valence-corrected chi connectivity index (χ1v) is 9.28. The molecule has 4 rings (SSSR count). The first-order valence-electron chi connectivity index (χ1n) is 9.28. The summed E-state index contributed by atoms with van der Waals surface area (Å²) >= 11 is 0. The molecule has 0 fully saturated rings. The molecule has 0 saturated heterocycles. The average molecular weight is 377 g/mol. The third kappa shape index (κ3) is 3.31. The summed E-state index contributed by atoms with van der Waals surface area (Å²) in [5.41, 5.74) is 8.03. The van der Waals surface area contributed by atoms with Gasteiger partial charge in [-0.15, -0.1) is 0 Å². The van der Waals surface area contributed by atoms with Crippen LogP contribution < -0.4 is 0 Å². The number of fused-ring (bicyclic) bond motifs is 1. The lowest BCUT2D eigenvalue weighted by Crippen LogP contribution is -1.99. The van der Waals surface area contributed by atoms with Crippen molar-refractivity contribution in [2.75, 3.05) is 0 Å². The van der Waals surface area contributed by atoms with Gasteiger partial charge < -0.3 is 9.55 Å². The molecule has 0 spiro atoms. The Morgan fingerprint density at radius 1 is 1.03 bits per heavy atom. The van der Waals surface area contributed by atoms with Crippen LogP contribution in [-0.2, 0) is 0 Å². The summed E-state index contributed by atoms with van der Waals surface area (Å²) in [6.45, 7) is 6.07. The van der Waals surface area contributed by atoms with Crippen LogP contribution in [0.3, 0.4) is 0 Å². The number of hydrogen-bond acceptors (Lipinski definition) is 3. The third-order valence-electron chi connectivity index (χ3n) is 5.04. The van der Waals surface area contributed by atoms with E-state index in [1.54, 1.807) is 12.1 Å². The maximum atomic E-state index is 9.75. The zero-order valence-corrected chi connectivity index (χ0v) is 16.5. The van der Waals surface area contributed by atoms with E-state index in [2.05, 4.69) is 32.7 Å². The lowest BCUT2D eigenvalue weighted by atomic mass is 10.1. The number of allylic oxidation sites excluding steroid dienone is 1. The van der Waals surface area contributed by atoms with Crippen LogP contribution in [0, 0.1) is 43.4 Å². The molecule has 0 saturated carbocycles. The molecular weight excluding hydrogens is 358 g/mol. The fourth-order valence-electron chi connectivity index (χ4n) is 3.58.